The SMILES string of the molecule is CCCCN(CCCC)c1cc(CNCCC)cc(C)n1. The van der Waals surface area contributed by atoms with Gasteiger partial charge in [0.05, 0.1) is 0 Å². The van der Waals surface area contributed by atoms with Crippen LogP contribution in [0.15, 0.2) is 12.1 Å². The van der Waals surface area contributed by atoms with Crippen LogP contribution in [-0.2, 0) is 6.54 Å². The summed E-state index contributed by atoms with van der Waals surface area (Å²) in [6, 6.07) is 4.46. The highest BCUT2D eigenvalue weighted by atomic mass is 15.2. The van der Waals surface area contributed by atoms with Crippen molar-refractivity contribution in [1.82, 2.24) is 10.3 Å². The first-order chi connectivity index (χ1) is 10.2. The molecule has 0 unspecified atom stereocenters. The van der Waals surface area contributed by atoms with Crippen LogP contribution in [0.3, 0.4) is 0 Å². The summed E-state index contributed by atoms with van der Waals surface area (Å²) in [5, 5.41) is 3.48. The monoisotopic (exact) mass is 291 g/mol. The van der Waals surface area contributed by atoms with E-state index in [0.29, 0.717) is 0 Å². The molecule has 3 heteroatoms. The molecule has 0 fully saturated rings. The van der Waals surface area contributed by atoms with Gasteiger partial charge in [-0.15, -0.1) is 0 Å². The van der Waals surface area contributed by atoms with E-state index >= 15 is 0 Å². The van der Waals surface area contributed by atoms with E-state index in [0.717, 1.165) is 37.7 Å². The van der Waals surface area contributed by atoms with Crippen LogP contribution >= 0.6 is 0 Å². The van der Waals surface area contributed by atoms with Crippen LogP contribution in [0.2, 0.25) is 0 Å². The molecule has 0 aliphatic heterocycles. The third-order valence-electron chi connectivity index (χ3n) is 3.64. The summed E-state index contributed by atoms with van der Waals surface area (Å²) in [6.45, 7) is 13.1. The van der Waals surface area contributed by atoms with Crippen LogP contribution in [0, 0.1) is 6.92 Å². The summed E-state index contributed by atoms with van der Waals surface area (Å²) in [7, 11) is 0. The number of nitrogens with zero attached hydrogens (tertiary/aromatic N) is 2. The maximum Gasteiger partial charge on any atom is 0.129 e. The Hall–Kier alpha value is -1.09. The van der Waals surface area contributed by atoms with Gasteiger partial charge in [-0.1, -0.05) is 33.6 Å². The highest BCUT2D eigenvalue weighted by molar-refractivity contribution is 5.42. The number of nitrogens with one attached hydrogen (secondary N) is 1. The molecule has 1 N–H and O–H groups in total. The predicted molar refractivity (Wildman–Crippen MR) is 93.0 cm³/mol. The average Bonchev–Trinajstić information content (AvgIpc) is 2.47. The van der Waals surface area contributed by atoms with Gasteiger partial charge in [-0.2, -0.15) is 0 Å². The minimum atomic E-state index is 0.944. The Morgan fingerprint density at radius 1 is 1.00 bits per heavy atom. The second-order valence-electron chi connectivity index (χ2n) is 5.85. The maximum absolute atomic E-state index is 4.77. The van der Waals surface area contributed by atoms with Crippen molar-refractivity contribution in [3.05, 3.63) is 23.4 Å². The van der Waals surface area contributed by atoms with Crippen LogP contribution < -0.4 is 10.2 Å². The highest BCUT2D eigenvalue weighted by Crippen LogP contribution is 2.17. The Bertz CT molecular complexity index is 382. The lowest BCUT2D eigenvalue weighted by Gasteiger charge is -2.24. The summed E-state index contributed by atoms with van der Waals surface area (Å²) in [5.74, 6) is 1.16. The van der Waals surface area contributed by atoms with Gasteiger partial charge < -0.3 is 10.2 Å². The van der Waals surface area contributed by atoms with E-state index in [2.05, 4.69) is 50.0 Å². The van der Waals surface area contributed by atoms with Crippen molar-refractivity contribution in [1.29, 1.82) is 0 Å². The van der Waals surface area contributed by atoms with Crippen molar-refractivity contribution >= 4 is 5.82 Å². The minimum Gasteiger partial charge on any atom is -0.357 e. The summed E-state index contributed by atoms with van der Waals surface area (Å²) < 4.78 is 0. The van der Waals surface area contributed by atoms with Crippen molar-refractivity contribution in [2.45, 2.75) is 66.3 Å². The van der Waals surface area contributed by atoms with Crippen molar-refractivity contribution in [3.63, 3.8) is 0 Å². The molecule has 0 bridgehead atoms. The number of unbranched alkanes of at least 4 members (excludes halogenated alkanes) is 2. The van der Waals surface area contributed by atoms with Crippen LogP contribution in [0.1, 0.15) is 64.1 Å². The zero-order chi connectivity index (χ0) is 15.5. The molecule has 0 atom stereocenters. The van der Waals surface area contributed by atoms with Crippen molar-refractivity contribution in [3.8, 4) is 0 Å². The summed E-state index contributed by atoms with van der Waals surface area (Å²) in [6.07, 6.45) is 6.13. The Morgan fingerprint density at radius 3 is 2.24 bits per heavy atom. The van der Waals surface area contributed by atoms with Gasteiger partial charge in [0.25, 0.3) is 0 Å². The van der Waals surface area contributed by atoms with E-state index in [-0.39, 0.29) is 0 Å². The van der Waals surface area contributed by atoms with Crippen molar-refractivity contribution < 1.29 is 0 Å². The molecule has 120 valence electrons. The molecule has 1 aromatic rings. The van der Waals surface area contributed by atoms with Gasteiger partial charge in [-0.25, -0.2) is 4.98 Å². The zero-order valence-electron chi connectivity index (χ0n) is 14.4. The smallest absolute Gasteiger partial charge is 0.129 e. The first-order valence-corrected chi connectivity index (χ1v) is 8.64. The van der Waals surface area contributed by atoms with Crippen LogP contribution in [0.25, 0.3) is 0 Å². The van der Waals surface area contributed by atoms with Crippen molar-refractivity contribution in [2.24, 2.45) is 0 Å². The molecule has 1 heterocycles. The molecule has 1 rings (SSSR count). The molecule has 0 saturated carbocycles. The van der Waals surface area contributed by atoms with Crippen LogP contribution in [0.5, 0.6) is 0 Å². The third kappa shape index (κ3) is 6.94. The standard InChI is InChI=1S/C18H33N3/c1-5-8-11-21(12-9-6-2)18-14-17(13-16(4)20-18)15-19-10-7-3/h13-14,19H,5-12,15H2,1-4H3. The van der Waals surface area contributed by atoms with Crippen molar-refractivity contribution in [2.75, 3.05) is 24.5 Å². The number of aromatic nitrogens is 1. The Balaban J connectivity index is 2.79. The first-order valence-electron chi connectivity index (χ1n) is 8.64. The Morgan fingerprint density at radius 2 is 1.67 bits per heavy atom. The van der Waals surface area contributed by atoms with Gasteiger partial charge in [-0.3, -0.25) is 0 Å². The molecule has 21 heavy (non-hydrogen) atoms. The zero-order valence-corrected chi connectivity index (χ0v) is 14.4. The van der Waals surface area contributed by atoms with Gasteiger partial charge in [0.1, 0.15) is 5.82 Å². The number of pyridine rings is 1. The minimum absolute atomic E-state index is 0.944. The summed E-state index contributed by atoms with van der Waals surface area (Å²) >= 11 is 0. The van der Waals surface area contributed by atoms with Gasteiger partial charge >= 0.3 is 0 Å². The Kier molecular flexibility index (Phi) is 9.07. The lowest BCUT2D eigenvalue weighted by molar-refractivity contribution is 0.662. The number of rotatable bonds is 11. The number of anilines is 1. The van der Waals surface area contributed by atoms with E-state index in [1.807, 2.05) is 0 Å². The maximum atomic E-state index is 4.77. The first kappa shape index (κ1) is 18.0. The molecule has 0 amide bonds. The molecule has 0 spiro atoms. The highest BCUT2D eigenvalue weighted by Gasteiger charge is 2.09. The van der Waals surface area contributed by atoms with E-state index in [4.69, 9.17) is 4.98 Å². The molecule has 1 aromatic heterocycles. The lowest BCUT2D eigenvalue weighted by Crippen LogP contribution is -2.27. The second kappa shape index (κ2) is 10.6. The quantitative estimate of drug-likeness (QED) is 0.616. The number of aryl methyl sites for hydroxylation is 1. The largest absolute Gasteiger partial charge is 0.357 e. The topological polar surface area (TPSA) is 28.2 Å². The van der Waals surface area contributed by atoms with E-state index in [9.17, 15) is 0 Å². The van der Waals surface area contributed by atoms with E-state index in [1.165, 1.54) is 37.7 Å². The second-order valence-corrected chi connectivity index (χ2v) is 5.85. The van der Waals surface area contributed by atoms with Gasteiger partial charge in [-0.05, 0) is 50.4 Å². The van der Waals surface area contributed by atoms with Gasteiger partial charge in [0, 0.05) is 25.3 Å². The number of hydrogen-bond acceptors (Lipinski definition) is 3. The molecule has 0 radical (unpaired) electrons. The number of hydrogen-bond donors (Lipinski definition) is 1. The summed E-state index contributed by atoms with van der Waals surface area (Å²) in [5.41, 5.74) is 2.47. The Labute approximate surface area is 131 Å². The van der Waals surface area contributed by atoms with E-state index in [1.54, 1.807) is 0 Å². The van der Waals surface area contributed by atoms with Crippen LogP contribution in [0.4, 0.5) is 5.82 Å². The fraction of sp³-hybridized carbons (Fsp3) is 0.722. The molecule has 0 aliphatic rings. The fourth-order valence-electron chi connectivity index (χ4n) is 2.43. The molecular weight excluding hydrogens is 258 g/mol. The van der Waals surface area contributed by atoms with Crippen LogP contribution in [-0.4, -0.2) is 24.6 Å². The average molecular weight is 291 g/mol. The molecule has 0 aliphatic carbocycles. The van der Waals surface area contributed by atoms with Gasteiger partial charge in [0.2, 0.25) is 0 Å². The van der Waals surface area contributed by atoms with E-state index < -0.39 is 0 Å². The normalized spacial score (nSPS) is 10.9. The lowest BCUT2D eigenvalue weighted by atomic mass is 10.2. The summed E-state index contributed by atoms with van der Waals surface area (Å²) in [4.78, 5) is 7.23. The molecular formula is C18H33N3. The molecule has 0 saturated heterocycles. The third-order valence-corrected chi connectivity index (χ3v) is 3.64. The van der Waals surface area contributed by atoms with Gasteiger partial charge in [0.15, 0.2) is 0 Å². The fourth-order valence-corrected chi connectivity index (χ4v) is 2.43. The molecule has 3 nitrogen and oxygen atoms in total. The molecule has 0 aromatic carbocycles. The predicted octanol–water partition coefficient (Wildman–Crippen LogP) is 4.30.